The van der Waals surface area contributed by atoms with Crippen LogP contribution in [0.25, 0.3) is 0 Å². The number of halogens is 1. The Morgan fingerprint density at radius 1 is 1.15 bits per heavy atom. The summed E-state index contributed by atoms with van der Waals surface area (Å²) in [5.74, 6) is -1.34. The van der Waals surface area contributed by atoms with Gasteiger partial charge in [0, 0.05) is 0 Å². The SMILES string of the molecule is COc1cccc(/C=N/NC(=O)C(NC(=O)c2ccccc2F)C(C)C)c1. The molecule has 0 aliphatic carbocycles. The lowest BCUT2D eigenvalue weighted by molar-refractivity contribution is -0.123. The van der Waals surface area contributed by atoms with Crippen molar-refractivity contribution in [3.63, 3.8) is 0 Å². The van der Waals surface area contributed by atoms with Gasteiger partial charge in [-0.25, -0.2) is 9.82 Å². The summed E-state index contributed by atoms with van der Waals surface area (Å²) in [4.78, 5) is 24.7. The predicted molar refractivity (Wildman–Crippen MR) is 101 cm³/mol. The molecule has 0 aromatic heterocycles. The largest absolute Gasteiger partial charge is 0.497 e. The summed E-state index contributed by atoms with van der Waals surface area (Å²) in [6.07, 6.45) is 1.47. The van der Waals surface area contributed by atoms with Crippen LogP contribution in [0.3, 0.4) is 0 Å². The Bertz CT molecular complexity index is 837. The third-order valence-electron chi connectivity index (χ3n) is 3.84. The van der Waals surface area contributed by atoms with Crippen LogP contribution in [0, 0.1) is 11.7 Å². The van der Waals surface area contributed by atoms with E-state index in [1.165, 1.54) is 24.4 Å². The van der Waals surface area contributed by atoms with Gasteiger partial charge in [0.2, 0.25) is 0 Å². The van der Waals surface area contributed by atoms with E-state index in [0.29, 0.717) is 5.75 Å². The number of ether oxygens (including phenoxy) is 1. The normalized spacial score (nSPS) is 12.0. The van der Waals surface area contributed by atoms with Gasteiger partial charge in [-0.1, -0.05) is 38.1 Å². The van der Waals surface area contributed by atoms with Crippen molar-refractivity contribution >= 4 is 18.0 Å². The fraction of sp³-hybridized carbons (Fsp3) is 0.250. The summed E-state index contributed by atoms with van der Waals surface area (Å²) in [7, 11) is 1.56. The molecule has 2 rings (SSSR count). The molecule has 0 heterocycles. The summed E-state index contributed by atoms with van der Waals surface area (Å²) in [5, 5.41) is 6.47. The molecular formula is C20H22FN3O3. The Labute approximate surface area is 157 Å². The molecule has 0 spiro atoms. The van der Waals surface area contributed by atoms with Crippen LogP contribution in [0.1, 0.15) is 29.8 Å². The van der Waals surface area contributed by atoms with Crippen molar-refractivity contribution in [2.45, 2.75) is 19.9 Å². The Morgan fingerprint density at radius 2 is 1.89 bits per heavy atom. The Kier molecular flexibility index (Phi) is 7.05. The van der Waals surface area contributed by atoms with Crippen LogP contribution in [-0.2, 0) is 4.79 Å². The van der Waals surface area contributed by atoms with Crippen LogP contribution >= 0.6 is 0 Å². The zero-order chi connectivity index (χ0) is 19.8. The van der Waals surface area contributed by atoms with E-state index in [0.717, 1.165) is 5.56 Å². The van der Waals surface area contributed by atoms with Crippen molar-refractivity contribution in [3.8, 4) is 5.75 Å². The number of carbonyl (C=O) groups excluding carboxylic acids is 2. The zero-order valence-electron chi connectivity index (χ0n) is 15.4. The van der Waals surface area contributed by atoms with Gasteiger partial charge < -0.3 is 10.1 Å². The molecule has 6 nitrogen and oxygen atoms in total. The minimum Gasteiger partial charge on any atom is -0.497 e. The first-order valence-corrected chi connectivity index (χ1v) is 8.44. The summed E-state index contributed by atoms with van der Waals surface area (Å²) >= 11 is 0. The van der Waals surface area contributed by atoms with E-state index < -0.39 is 23.7 Å². The standard InChI is InChI=1S/C20H22FN3O3/c1-13(2)18(23-19(25)16-9-4-5-10-17(16)21)20(26)24-22-12-14-7-6-8-15(11-14)27-3/h4-13,18H,1-3H3,(H,23,25)(H,24,26)/b22-12+. The first-order chi connectivity index (χ1) is 12.9. The van der Waals surface area contributed by atoms with Crippen molar-refractivity contribution in [2.24, 2.45) is 11.0 Å². The summed E-state index contributed by atoms with van der Waals surface area (Å²) in [6.45, 7) is 3.55. The molecule has 0 fully saturated rings. The van der Waals surface area contributed by atoms with E-state index in [4.69, 9.17) is 4.74 Å². The van der Waals surface area contributed by atoms with Gasteiger partial charge in [-0.3, -0.25) is 9.59 Å². The maximum atomic E-state index is 13.7. The lowest BCUT2D eigenvalue weighted by Crippen LogP contribution is -2.48. The highest BCUT2D eigenvalue weighted by molar-refractivity contribution is 5.98. The smallest absolute Gasteiger partial charge is 0.262 e. The molecule has 2 aromatic rings. The molecule has 2 N–H and O–H groups in total. The number of nitrogens with zero attached hydrogens (tertiary/aromatic N) is 1. The van der Waals surface area contributed by atoms with Crippen LogP contribution in [-0.4, -0.2) is 31.2 Å². The number of methoxy groups -OCH3 is 1. The zero-order valence-corrected chi connectivity index (χ0v) is 15.4. The molecule has 0 saturated heterocycles. The summed E-state index contributed by atoms with van der Waals surface area (Å²) < 4.78 is 18.9. The van der Waals surface area contributed by atoms with Crippen LogP contribution < -0.4 is 15.5 Å². The van der Waals surface area contributed by atoms with Gasteiger partial charge in [-0.2, -0.15) is 5.10 Å². The van der Waals surface area contributed by atoms with E-state index in [-0.39, 0.29) is 11.5 Å². The lowest BCUT2D eigenvalue weighted by Gasteiger charge is -2.20. The van der Waals surface area contributed by atoms with Crippen molar-refractivity contribution in [3.05, 3.63) is 65.5 Å². The second kappa shape index (κ2) is 9.47. The van der Waals surface area contributed by atoms with E-state index in [1.54, 1.807) is 51.3 Å². The van der Waals surface area contributed by atoms with Gasteiger partial charge in [0.1, 0.15) is 17.6 Å². The van der Waals surface area contributed by atoms with E-state index in [1.807, 2.05) is 0 Å². The number of hydrogen-bond donors (Lipinski definition) is 2. The second-order valence-corrected chi connectivity index (χ2v) is 6.19. The van der Waals surface area contributed by atoms with E-state index in [2.05, 4.69) is 15.8 Å². The highest BCUT2D eigenvalue weighted by atomic mass is 19.1. The minimum absolute atomic E-state index is 0.115. The molecule has 142 valence electrons. The molecule has 0 aliphatic heterocycles. The number of nitrogens with one attached hydrogen (secondary N) is 2. The quantitative estimate of drug-likeness (QED) is 0.580. The monoisotopic (exact) mass is 371 g/mol. The van der Waals surface area contributed by atoms with Crippen LogP contribution in [0.4, 0.5) is 4.39 Å². The van der Waals surface area contributed by atoms with Crippen LogP contribution in [0.2, 0.25) is 0 Å². The molecule has 0 saturated carbocycles. The van der Waals surface area contributed by atoms with E-state index >= 15 is 0 Å². The summed E-state index contributed by atoms with van der Waals surface area (Å²) in [6, 6.07) is 11.9. The average Bonchev–Trinajstić information content (AvgIpc) is 2.66. The molecule has 0 radical (unpaired) electrons. The van der Waals surface area contributed by atoms with Crippen molar-refractivity contribution in [1.82, 2.24) is 10.7 Å². The third kappa shape index (κ3) is 5.64. The predicted octanol–water partition coefficient (Wildman–Crippen LogP) is 2.74. The maximum Gasteiger partial charge on any atom is 0.262 e. The van der Waals surface area contributed by atoms with E-state index in [9.17, 15) is 14.0 Å². The van der Waals surface area contributed by atoms with Crippen LogP contribution in [0.15, 0.2) is 53.6 Å². The summed E-state index contributed by atoms with van der Waals surface area (Å²) in [5.41, 5.74) is 3.03. The fourth-order valence-electron chi connectivity index (χ4n) is 2.36. The molecule has 2 amide bonds. The third-order valence-corrected chi connectivity index (χ3v) is 3.84. The number of rotatable bonds is 7. The van der Waals surface area contributed by atoms with Crippen molar-refractivity contribution < 1.29 is 18.7 Å². The molecule has 7 heteroatoms. The van der Waals surface area contributed by atoms with Gasteiger partial charge in [0.15, 0.2) is 0 Å². The molecule has 2 aromatic carbocycles. The van der Waals surface area contributed by atoms with Crippen molar-refractivity contribution in [1.29, 1.82) is 0 Å². The Morgan fingerprint density at radius 3 is 2.56 bits per heavy atom. The highest BCUT2D eigenvalue weighted by Crippen LogP contribution is 2.11. The van der Waals surface area contributed by atoms with Gasteiger partial charge in [0.05, 0.1) is 18.9 Å². The number of amides is 2. The van der Waals surface area contributed by atoms with Gasteiger partial charge >= 0.3 is 0 Å². The number of hydrogen-bond acceptors (Lipinski definition) is 4. The molecule has 1 atom stereocenters. The topological polar surface area (TPSA) is 79.8 Å². The van der Waals surface area contributed by atoms with Crippen molar-refractivity contribution in [2.75, 3.05) is 7.11 Å². The van der Waals surface area contributed by atoms with Crippen LogP contribution in [0.5, 0.6) is 5.75 Å². The van der Waals surface area contributed by atoms with Gasteiger partial charge in [0.25, 0.3) is 11.8 Å². The molecule has 27 heavy (non-hydrogen) atoms. The number of benzene rings is 2. The fourth-order valence-corrected chi connectivity index (χ4v) is 2.36. The average molecular weight is 371 g/mol. The Hall–Kier alpha value is -3.22. The first kappa shape index (κ1) is 20.1. The first-order valence-electron chi connectivity index (χ1n) is 8.44. The van der Waals surface area contributed by atoms with Gasteiger partial charge in [-0.15, -0.1) is 0 Å². The maximum absolute atomic E-state index is 13.7. The molecule has 1 unspecified atom stereocenters. The molecular weight excluding hydrogens is 349 g/mol. The second-order valence-electron chi connectivity index (χ2n) is 6.19. The molecule has 0 aliphatic rings. The number of carbonyl (C=O) groups is 2. The molecule has 0 bridgehead atoms. The highest BCUT2D eigenvalue weighted by Gasteiger charge is 2.25. The number of hydrazone groups is 1. The van der Waals surface area contributed by atoms with Gasteiger partial charge in [-0.05, 0) is 35.7 Å². The lowest BCUT2D eigenvalue weighted by atomic mass is 10.0. The minimum atomic E-state index is -0.862. The Balaban J connectivity index is 2.03.